The van der Waals surface area contributed by atoms with Crippen molar-refractivity contribution in [1.29, 1.82) is 0 Å². The molecule has 0 bridgehead atoms. The maximum atomic E-state index is 12.8. The first kappa shape index (κ1) is 27.0. The number of carbonyl (C=O) groups excluding carboxylic acids is 1. The van der Waals surface area contributed by atoms with Crippen LogP contribution in [-0.2, 0) is 20.9 Å². The SMILES string of the molecule is CCC[CH2][Sn]([CH2]CCC)([CH2]CCC)[C](=C=CCCOCc1ccccc1)C(=O)OC. The Balaban J connectivity index is 2.96. The molecule has 0 aliphatic rings. The number of ether oxygens (including phenoxy) is 2. The third kappa shape index (κ3) is 9.85. The molecular weight excluding hydrogens is 479 g/mol. The Bertz CT molecular complexity index is 626. The van der Waals surface area contributed by atoms with Crippen LogP contribution in [0.2, 0.25) is 13.3 Å². The zero-order valence-electron chi connectivity index (χ0n) is 19.7. The molecule has 1 rings (SSSR count). The van der Waals surface area contributed by atoms with Crippen LogP contribution in [0.1, 0.15) is 71.3 Å². The molecule has 0 saturated heterocycles. The minimum absolute atomic E-state index is 0.129. The maximum absolute atomic E-state index is 12.8. The third-order valence-corrected chi connectivity index (χ3v) is 21.0. The van der Waals surface area contributed by atoms with Crippen molar-refractivity contribution < 1.29 is 14.3 Å². The monoisotopic (exact) mass is 522 g/mol. The van der Waals surface area contributed by atoms with Gasteiger partial charge in [-0.1, -0.05) is 0 Å². The van der Waals surface area contributed by atoms with E-state index in [2.05, 4.69) is 38.6 Å². The molecule has 0 N–H and O–H groups in total. The zero-order chi connectivity index (χ0) is 22.1. The molecule has 0 fully saturated rings. The van der Waals surface area contributed by atoms with Gasteiger partial charge in [0.25, 0.3) is 0 Å². The number of hydrogen-bond donors (Lipinski definition) is 0. The fraction of sp³-hybridized carbons (Fsp3) is 0.615. The summed E-state index contributed by atoms with van der Waals surface area (Å²) in [5.74, 6) is -0.129. The van der Waals surface area contributed by atoms with Gasteiger partial charge in [0.05, 0.1) is 0 Å². The number of hydrogen-bond acceptors (Lipinski definition) is 3. The summed E-state index contributed by atoms with van der Waals surface area (Å²) in [6.07, 6.45) is 9.98. The average Bonchev–Trinajstić information content (AvgIpc) is 2.79. The summed E-state index contributed by atoms with van der Waals surface area (Å²) in [5.41, 5.74) is 4.65. The van der Waals surface area contributed by atoms with E-state index in [4.69, 9.17) is 9.47 Å². The van der Waals surface area contributed by atoms with Crippen molar-refractivity contribution in [3.8, 4) is 0 Å². The van der Waals surface area contributed by atoms with Crippen LogP contribution in [0.15, 0.2) is 45.7 Å². The second-order valence-corrected chi connectivity index (χ2v) is 21.1. The quantitative estimate of drug-likeness (QED) is 0.0757. The fourth-order valence-electron chi connectivity index (χ4n) is 3.91. The predicted octanol–water partition coefficient (Wildman–Crippen LogP) is 7.24. The molecule has 3 nitrogen and oxygen atoms in total. The van der Waals surface area contributed by atoms with Crippen molar-refractivity contribution in [2.75, 3.05) is 13.7 Å². The number of methoxy groups -OCH3 is 1. The summed E-state index contributed by atoms with van der Waals surface area (Å²) in [6.45, 7) is 8.00. The Hall–Kier alpha value is -1.03. The van der Waals surface area contributed by atoms with Crippen LogP contribution < -0.4 is 0 Å². The number of carbonyl (C=O) groups is 1. The summed E-state index contributed by atoms with van der Waals surface area (Å²) < 4.78 is 15.7. The van der Waals surface area contributed by atoms with Gasteiger partial charge in [0.2, 0.25) is 0 Å². The van der Waals surface area contributed by atoms with Gasteiger partial charge in [-0.3, -0.25) is 0 Å². The summed E-state index contributed by atoms with van der Waals surface area (Å²) in [5, 5.41) is 0. The van der Waals surface area contributed by atoms with Crippen LogP contribution in [0.4, 0.5) is 0 Å². The first-order valence-corrected chi connectivity index (χ1v) is 19.3. The molecule has 0 unspecified atom stereocenters. The van der Waals surface area contributed by atoms with Crippen molar-refractivity contribution in [2.45, 2.75) is 85.6 Å². The molecule has 30 heavy (non-hydrogen) atoms. The molecule has 0 atom stereocenters. The topological polar surface area (TPSA) is 35.5 Å². The Morgan fingerprint density at radius 1 is 0.967 bits per heavy atom. The Morgan fingerprint density at radius 3 is 2.03 bits per heavy atom. The first-order chi connectivity index (χ1) is 14.6. The molecule has 0 saturated carbocycles. The van der Waals surface area contributed by atoms with Gasteiger partial charge in [-0.2, -0.15) is 0 Å². The van der Waals surface area contributed by atoms with E-state index in [1.165, 1.54) is 64.5 Å². The van der Waals surface area contributed by atoms with Crippen molar-refractivity contribution >= 4 is 24.3 Å². The van der Waals surface area contributed by atoms with E-state index in [9.17, 15) is 4.79 Å². The fourth-order valence-corrected chi connectivity index (χ4v) is 19.7. The Labute approximate surface area is 188 Å². The molecule has 0 aromatic heterocycles. The standard InChI is InChI=1S/C14H15O3.3C4H9.Sn/c1-16-14(15)10-6-3-7-11-17-12-13-8-4-2-5-9-13;3*1-3-4-2;/h2-5,8-9H,7,11-12H2,1H3;3*1,3-4H2,2H3;. The first-order valence-electron chi connectivity index (χ1n) is 11.8. The normalized spacial score (nSPS) is 11.1. The minimum atomic E-state index is -2.86. The summed E-state index contributed by atoms with van der Waals surface area (Å²) in [6, 6.07) is 10.2. The Morgan fingerprint density at radius 2 is 1.53 bits per heavy atom. The molecule has 1 aromatic rings. The van der Waals surface area contributed by atoms with Gasteiger partial charge in [0.1, 0.15) is 0 Å². The van der Waals surface area contributed by atoms with E-state index in [1.807, 2.05) is 24.3 Å². The molecule has 4 heteroatoms. The van der Waals surface area contributed by atoms with Crippen LogP contribution in [0.3, 0.4) is 0 Å². The van der Waals surface area contributed by atoms with E-state index in [-0.39, 0.29) is 5.97 Å². The second-order valence-electron chi connectivity index (χ2n) is 8.13. The van der Waals surface area contributed by atoms with Gasteiger partial charge < -0.3 is 0 Å². The van der Waals surface area contributed by atoms with E-state index in [0.717, 1.165) is 10.0 Å². The van der Waals surface area contributed by atoms with Crippen LogP contribution in [0.5, 0.6) is 0 Å². The zero-order valence-corrected chi connectivity index (χ0v) is 22.5. The molecule has 1 aromatic carbocycles. The Kier molecular flexibility index (Phi) is 15.0. The van der Waals surface area contributed by atoms with Gasteiger partial charge in [0.15, 0.2) is 0 Å². The molecule has 0 spiro atoms. The van der Waals surface area contributed by atoms with Crippen LogP contribution in [0, 0.1) is 0 Å². The van der Waals surface area contributed by atoms with Crippen LogP contribution in [-0.4, -0.2) is 38.1 Å². The predicted molar refractivity (Wildman–Crippen MR) is 129 cm³/mol. The molecule has 168 valence electrons. The van der Waals surface area contributed by atoms with Crippen molar-refractivity contribution in [2.24, 2.45) is 0 Å². The molecule has 0 radical (unpaired) electrons. The van der Waals surface area contributed by atoms with Crippen LogP contribution >= 0.6 is 0 Å². The van der Waals surface area contributed by atoms with Crippen LogP contribution in [0.25, 0.3) is 0 Å². The number of rotatable bonds is 16. The van der Waals surface area contributed by atoms with Gasteiger partial charge >= 0.3 is 189 Å². The molecule has 0 aliphatic heterocycles. The van der Waals surface area contributed by atoms with Crippen molar-refractivity contribution in [3.63, 3.8) is 0 Å². The van der Waals surface area contributed by atoms with E-state index < -0.39 is 18.4 Å². The molecule has 0 aliphatic carbocycles. The average molecular weight is 521 g/mol. The number of esters is 1. The summed E-state index contributed by atoms with van der Waals surface area (Å²) in [4.78, 5) is 12.8. The van der Waals surface area contributed by atoms with Gasteiger partial charge in [-0.25, -0.2) is 0 Å². The van der Waals surface area contributed by atoms with Gasteiger partial charge in [-0.15, -0.1) is 0 Å². The third-order valence-electron chi connectivity index (χ3n) is 5.71. The van der Waals surface area contributed by atoms with E-state index in [0.29, 0.717) is 13.2 Å². The van der Waals surface area contributed by atoms with E-state index in [1.54, 1.807) is 0 Å². The summed E-state index contributed by atoms with van der Waals surface area (Å²) in [7, 11) is 1.52. The second kappa shape index (κ2) is 16.6. The molecule has 0 heterocycles. The number of unbranched alkanes of at least 4 members (excludes halogenated alkanes) is 3. The summed E-state index contributed by atoms with van der Waals surface area (Å²) >= 11 is -2.86. The van der Waals surface area contributed by atoms with E-state index >= 15 is 0 Å². The van der Waals surface area contributed by atoms with Crippen molar-refractivity contribution in [3.05, 3.63) is 51.3 Å². The van der Waals surface area contributed by atoms with Gasteiger partial charge in [0, 0.05) is 0 Å². The molecule has 0 amide bonds. The van der Waals surface area contributed by atoms with Gasteiger partial charge in [-0.05, 0) is 0 Å². The number of benzene rings is 1. The van der Waals surface area contributed by atoms with Crippen molar-refractivity contribution in [1.82, 2.24) is 0 Å². The molecular formula is C26H42O3Sn.